The molecule has 0 bridgehead atoms. The van der Waals surface area contributed by atoms with Crippen LogP contribution in [0.25, 0.3) is 11.2 Å². The molecule has 1 aromatic heterocycles. The van der Waals surface area contributed by atoms with Crippen molar-refractivity contribution in [3.63, 3.8) is 0 Å². The van der Waals surface area contributed by atoms with Crippen molar-refractivity contribution >= 4 is 11.2 Å². The highest BCUT2D eigenvalue weighted by molar-refractivity contribution is 5.73. The fourth-order valence-electron chi connectivity index (χ4n) is 1.03. The molecule has 0 fully saturated rings. The normalized spacial score (nSPS) is 10.6. The molecule has 0 unspecified atom stereocenters. The van der Waals surface area contributed by atoms with Crippen molar-refractivity contribution in [2.45, 2.75) is 6.92 Å². The van der Waals surface area contributed by atoms with Crippen LogP contribution in [0.15, 0.2) is 31.8 Å². The quantitative estimate of drug-likeness (QED) is 0.574. The Morgan fingerprint density at radius 1 is 1.27 bits per heavy atom. The van der Waals surface area contributed by atoms with Gasteiger partial charge < -0.3 is 8.83 Å². The van der Waals surface area contributed by atoms with Gasteiger partial charge in [-0.15, -0.1) is 0 Å². The molecule has 0 aliphatic carbocycles. The SMILES string of the molecule is Cc1cccc2oc(=O)oc12. The molecule has 2 aromatic rings. The Bertz CT molecular complexity index is 436. The van der Waals surface area contributed by atoms with Crippen molar-refractivity contribution in [1.82, 2.24) is 0 Å². The largest absolute Gasteiger partial charge is 0.519 e. The zero-order valence-corrected chi connectivity index (χ0v) is 5.96. The molecule has 0 atom stereocenters. The number of rotatable bonds is 0. The van der Waals surface area contributed by atoms with Gasteiger partial charge in [0.1, 0.15) is 0 Å². The summed E-state index contributed by atoms with van der Waals surface area (Å²) in [6.45, 7) is 1.86. The van der Waals surface area contributed by atoms with Gasteiger partial charge >= 0.3 is 5.82 Å². The topological polar surface area (TPSA) is 43.4 Å². The Hall–Kier alpha value is -1.51. The lowest BCUT2D eigenvalue weighted by Crippen LogP contribution is -1.84. The van der Waals surface area contributed by atoms with Crippen molar-refractivity contribution in [1.29, 1.82) is 0 Å². The molecule has 0 N–H and O–H groups in total. The van der Waals surface area contributed by atoms with E-state index in [1.165, 1.54) is 0 Å². The molecule has 0 saturated carbocycles. The van der Waals surface area contributed by atoms with Crippen molar-refractivity contribution in [3.05, 3.63) is 34.4 Å². The smallest absolute Gasteiger partial charge is 0.391 e. The van der Waals surface area contributed by atoms with Gasteiger partial charge in [-0.3, -0.25) is 0 Å². The summed E-state index contributed by atoms with van der Waals surface area (Å²) < 4.78 is 9.50. The Labute approximate surface area is 62.2 Å². The van der Waals surface area contributed by atoms with Gasteiger partial charge in [-0.1, -0.05) is 12.1 Å². The van der Waals surface area contributed by atoms with Crippen molar-refractivity contribution in [2.75, 3.05) is 0 Å². The predicted octanol–water partition coefficient (Wildman–Crippen LogP) is 1.69. The van der Waals surface area contributed by atoms with Gasteiger partial charge in [-0.05, 0) is 18.6 Å². The second-order valence-corrected chi connectivity index (χ2v) is 2.36. The van der Waals surface area contributed by atoms with Crippen LogP contribution in [0.2, 0.25) is 0 Å². The number of para-hydroxylation sites is 1. The minimum atomic E-state index is -0.644. The Morgan fingerprint density at radius 3 is 2.82 bits per heavy atom. The maximum absolute atomic E-state index is 10.6. The third-order valence-electron chi connectivity index (χ3n) is 1.55. The van der Waals surface area contributed by atoms with Crippen LogP contribution in [0.4, 0.5) is 0 Å². The molecular weight excluding hydrogens is 144 g/mol. The zero-order valence-electron chi connectivity index (χ0n) is 5.96. The molecular formula is C8H6O3. The third kappa shape index (κ3) is 0.852. The maximum atomic E-state index is 10.6. The summed E-state index contributed by atoms with van der Waals surface area (Å²) >= 11 is 0. The lowest BCUT2D eigenvalue weighted by molar-refractivity contribution is 0.409. The molecule has 0 amide bonds. The number of aryl methyl sites for hydroxylation is 1. The second-order valence-electron chi connectivity index (χ2n) is 2.36. The molecule has 1 aromatic carbocycles. The van der Waals surface area contributed by atoms with E-state index < -0.39 is 5.82 Å². The van der Waals surface area contributed by atoms with E-state index in [0.29, 0.717) is 11.2 Å². The molecule has 1 heterocycles. The van der Waals surface area contributed by atoms with Crippen molar-refractivity contribution < 1.29 is 8.83 Å². The third-order valence-corrected chi connectivity index (χ3v) is 1.55. The van der Waals surface area contributed by atoms with E-state index in [4.69, 9.17) is 8.83 Å². The van der Waals surface area contributed by atoms with E-state index >= 15 is 0 Å². The van der Waals surface area contributed by atoms with Crippen LogP contribution in [0, 0.1) is 6.92 Å². The van der Waals surface area contributed by atoms with Gasteiger partial charge in [0.15, 0.2) is 11.2 Å². The van der Waals surface area contributed by atoms with Gasteiger partial charge in [-0.2, -0.15) is 0 Å². The number of benzene rings is 1. The van der Waals surface area contributed by atoms with E-state index in [1.807, 2.05) is 19.1 Å². The highest BCUT2D eigenvalue weighted by Gasteiger charge is 2.03. The predicted molar refractivity (Wildman–Crippen MR) is 39.5 cm³/mol. The van der Waals surface area contributed by atoms with Gasteiger partial charge in [-0.25, -0.2) is 4.79 Å². The summed E-state index contributed by atoms with van der Waals surface area (Å²) in [6, 6.07) is 5.38. The van der Waals surface area contributed by atoms with E-state index in [9.17, 15) is 4.79 Å². The minimum absolute atomic E-state index is 0.509. The molecule has 0 aliphatic heterocycles. The summed E-state index contributed by atoms with van der Waals surface area (Å²) in [7, 11) is 0. The van der Waals surface area contributed by atoms with Crippen LogP contribution in [-0.2, 0) is 0 Å². The summed E-state index contributed by atoms with van der Waals surface area (Å²) in [6.07, 6.45) is 0. The highest BCUT2D eigenvalue weighted by Crippen LogP contribution is 2.15. The Balaban J connectivity index is 3.01. The fraction of sp³-hybridized carbons (Fsp3) is 0.125. The first-order chi connectivity index (χ1) is 5.27. The van der Waals surface area contributed by atoms with Crippen molar-refractivity contribution in [3.8, 4) is 0 Å². The second kappa shape index (κ2) is 1.99. The van der Waals surface area contributed by atoms with E-state index in [0.717, 1.165) is 5.56 Å². The zero-order chi connectivity index (χ0) is 7.84. The molecule has 0 saturated heterocycles. The standard InChI is InChI=1S/C8H6O3/c1-5-3-2-4-6-7(5)11-8(9)10-6/h2-4H,1H3. The molecule has 3 nitrogen and oxygen atoms in total. The molecule has 0 radical (unpaired) electrons. The number of hydrogen-bond donors (Lipinski definition) is 0. The number of fused-ring (bicyclic) bond motifs is 1. The molecule has 0 spiro atoms. The van der Waals surface area contributed by atoms with E-state index in [2.05, 4.69) is 0 Å². The van der Waals surface area contributed by atoms with Crippen LogP contribution in [0.5, 0.6) is 0 Å². The van der Waals surface area contributed by atoms with Crippen LogP contribution < -0.4 is 5.82 Å². The van der Waals surface area contributed by atoms with E-state index in [1.54, 1.807) is 6.07 Å². The molecule has 2 rings (SSSR count). The lowest BCUT2D eigenvalue weighted by atomic mass is 10.2. The Kier molecular flexibility index (Phi) is 1.12. The maximum Gasteiger partial charge on any atom is 0.519 e. The fourth-order valence-corrected chi connectivity index (χ4v) is 1.03. The van der Waals surface area contributed by atoms with Crippen LogP contribution in [-0.4, -0.2) is 0 Å². The highest BCUT2D eigenvalue weighted by atomic mass is 16.6. The van der Waals surface area contributed by atoms with Crippen molar-refractivity contribution in [2.24, 2.45) is 0 Å². The van der Waals surface area contributed by atoms with Gasteiger partial charge in [0.25, 0.3) is 0 Å². The first-order valence-corrected chi connectivity index (χ1v) is 3.26. The lowest BCUT2D eigenvalue weighted by Gasteiger charge is -1.87. The average Bonchev–Trinajstić information content (AvgIpc) is 2.31. The summed E-state index contributed by atoms with van der Waals surface area (Å²) in [5.41, 5.74) is 1.96. The van der Waals surface area contributed by atoms with Gasteiger partial charge in [0.05, 0.1) is 0 Å². The molecule has 56 valence electrons. The molecule has 3 heteroatoms. The van der Waals surface area contributed by atoms with E-state index in [-0.39, 0.29) is 0 Å². The van der Waals surface area contributed by atoms with Crippen LogP contribution in [0.1, 0.15) is 5.56 Å². The molecule has 11 heavy (non-hydrogen) atoms. The number of hydrogen-bond acceptors (Lipinski definition) is 3. The van der Waals surface area contributed by atoms with Crippen LogP contribution >= 0.6 is 0 Å². The van der Waals surface area contributed by atoms with Crippen LogP contribution in [0.3, 0.4) is 0 Å². The summed E-state index contributed by atoms with van der Waals surface area (Å²) in [5.74, 6) is -0.644. The first-order valence-electron chi connectivity index (χ1n) is 3.26. The Morgan fingerprint density at radius 2 is 2.09 bits per heavy atom. The summed E-state index contributed by atoms with van der Waals surface area (Å²) in [5, 5.41) is 0. The minimum Gasteiger partial charge on any atom is -0.391 e. The monoisotopic (exact) mass is 150 g/mol. The molecule has 0 aliphatic rings. The van der Waals surface area contributed by atoms with Gasteiger partial charge in [0.2, 0.25) is 0 Å². The summed E-state index contributed by atoms with van der Waals surface area (Å²) in [4.78, 5) is 10.6. The first kappa shape index (κ1) is 6.22. The van der Waals surface area contributed by atoms with Gasteiger partial charge in [0, 0.05) is 0 Å². The average molecular weight is 150 g/mol.